The van der Waals surface area contributed by atoms with Crippen LogP contribution >= 0.6 is 34.0 Å². The zero-order valence-electron chi connectivity index (χ0n) is 27.9. The van der Waals surface area contributed by atoms with E-state index in [2.05, 4.69) is 181 Å². The molecule has 0 aliphatic heterocycles. The van der Waals surface area contributed by atoms with Crippen LogP contribution in [0, 0.1) is 0 Å². The summed E-state index contributed by atoms with van der Waals surface area (Å²) in [4.78, 5) is 2.45. The van der Waals surface area contributed by atoms with Crippen LogP contribution in [-0.2, 0) is 0 Å². The Morgan fingerprint density at radius 2 is 0.904 bits per heavy atom. The van der Waals surface area contributed by atoms with E-state index in [0.717, 1.165) is 11.4 Å². The Balaban J connectivity index is 1.09. The molecule has 0 aliphatic carbocycles. The van der Waals surface area contributed by atoms with Gasteiger partial charge in [-0.25, -0.2) is 0 Å². The van der Waals surface area contributed by atoms with Gasteiger partial charge in [0.05, 0.1) is 10.4 Å². The van der Waals surface area contributed by atoms with Gasteiger partial charge in [-0.1, -0.05) is 109 Å². The van der Waals surface area contributed by atoms with Crippen LogP contribution in [0.5, 0.6) is 0 Å². The summed E-state index contributed by atoms with van der Waals surface area (Å²) in [6, 6.07) is 64.9. The van der Waals surface area contributed by atoms with E-state index in [1.165, 1.54) is 88.5 Å². The third-order valence-electron chi connectivity index (χ3n) is 10.3. The van der Waals surface area contributed by atoms with Crippen molar-refractivity contribution < 1.29 is 0 Å². The molecule has 0 radical (unpaired) electrons. The molecule has 0 fully saturated rings. The van der Waals surface area contributed by atoms with Crippen molar-refractivity contribution >= 4 is 112 Å². The van der Waals surface area contributed by atoms with Gasteiger partial charge in [-0.2, -0.15) is 0 Å². The SMILES string of the molecule is c1cc(-c2ccc3sc4ccccc4c3c2)cc(N(c2ccc(-c3cccc4sc5ccccc5c34)cc2)c2cccc3c2sc2ccccc23)c1. The molecule has 0 aliphatic rings. The zero-order valence-corrected chi connectivity index (χ0v) is 30.4. The summed E-state index contributed by atoms with van der Waals surface area (Å²) in [5, 5.41) is 7.91. The monoisotopic (exact) mass is 715 g/mol. The molecule has 0 amide bonds. The summed E-state index contributed by atoms with van der Waals surface area (Å²) < 4.78 is 7.91. The van der Waals surface area contributed by atoms with E-state index in [-0.39, 0.29) is 0 Å². The normalized spacial score (nSPS) is 11.8. The molecule has 52 heavy (non-hydrogen) atoms. The largest absolute Gasteiger partial charge is 0.309 e. The molecular formula is C48H29NS3. The quantitative estimate of drug-likeness (QED) is 0.171. The lowest BCUT2D eigenvalue weighted by Gasteiger charge is -2.27. The third-order valence-corrected chi connectivity index (χ3v) is 13.8. The molecule has 0 bridgehead atoms. The molecule has 0 atom stereocenters. The first-order valence-corrected chi connectivity index (χ1v) is 19.9. The minimum atomic E-state index is 1.13. The van der Waals surface area contributed by atoms with Gasteiger partial charge >= 0.3 is 0 Å². The van der Waals surface area contributed by atoms with Crippen LogP contribution in [-0.4, -0.2) is 0 Å². The average Bonchev–Trinajstić information content (AvgIpc) is 3.90. The minimum Gasteiger partial charge on any atom is -0.309 e. The molecule has 11 aromatic rings. The van der Waals surface area contributed by atoms with Crippen LogP contribution in [0.2, 0.25) is 0 Å². The highest BCUT2D eigenvalue weighted by atomic mass is 32.1. The van der Waals surface area contributed by atoms with Crippen molar-refractivity contribution in [2.45, 2.75) is 0 Å². The van der Waals surface area contributed by atoms with Gasteiger partial charge < -0.3 is 4.90 Å². The van der Waals surface area contributed by atoms with Crippen molar-refractivity contribution in [2.75, 3.05) is 4.90 Å². The second-order valence-corrected chi connectivity index (χ2v) is 16.5. The molecule has 1 nitrogen and oxygen atoms in total. The van der Waals surface area contributed by atoms with E-state index < -0.39 is 0 Å². The summed E-state index contributed by atoms with van der Waals surface area (Å²) in [5.41, 5.74) is 8.39. The van der Waals surface area contributed by atoms with Gasteiger partial charge in [-0.15, -0.1) is 34.0 Å². The average molecular weight is 716 g/mol. The number of fused-ring (bicyclic) bond motifs is 9. The number of benzene rings is 8. The highest BCUT2D eigenvalue weighted by molar-refractivity contribution is 7.27. The van der Waals surface area contributed by atoms with Gasteiger partial charge in [0.1, 0.15) is 0 Å². The maximum atomic E-state index is 2.45. The molecule has 11 rings (SSSR count). The topological polar surface area (TPSA) is 3.24 Å². The lowest BCUT2D eigenvalue weighted by atomic mass is 9.99. The molecule has 0 saturated heterocycles. The Hall–Kier alpha value is -5.78. The van der Waals surface area contributed by atoms with Crippen LogP contribution in [0.4, 0.5) is 17.1 Å². The number of rotatable bonds is 5. The molecule has 4 heteroatoms. The smallest absolute Gasteiger partial charge is 0.0640 e. The van der Waals surface area contributed by atoms with Crippen molar-refractivity contribution in [3.63, 3.8) is 0 Å². The summed E-state index contributed by atoms with van der Waals surface area (Å²) in [6.07, 6.45) is 0. The molecule has 3 aromatic heterocycles. The maximum absolute atomic E-state index is 2.45. The Bertz CT molecular complexity index is 3140. The summed E-state index contributed by atoms with van der Waals surface area (Å²) in [7, 11) is 0. The fraction of sp³-hybridized carbons (Fsp3) is 0. The number of anilines is 3. The predicted molar refractivity (Wildman–Crippen MR) is 231 cm³/mol. The molecule has 0 spiro atoms. The van der Waals surface area contributed by atoms with Crippen LogP contribution < -0.4 is 4.90 Å². The van der Waals surface area contributed by atoms with Crippen molar-refractivity contribution in [2.24, 2.45) is 0 Å². The lowest BCUT2D eigenvalue weighted by Crippen LogP contribution is -2.10. The van der Waals surface area contributed by atoms with Gasteiger partial charge in [-0.3, -0.25) is 0 Å². The Labute approximate surface area is 312 Å². The van der Waals surface area contributed by atoms with Gasteiger partial charge in [0, 0.05) is 67.2 Å². The first-order valence-electron chi connectivity index (χ1n) is 17.5. The first kappa shape index (κ1) is 29.9. The molecule has 244 valence electrons. The second-order valence-electron chi connectivity index (χ2n) is 13.3. The first-order chi connectivity index (χ1) is 25.8. The maximum Gasteiger partial charge on any atom is 0.0640 e. The number of nitrogens with zero attached hydrogens (tertiary/aromatic N) is 1. The van der Waals surface area contributed by atoms with Gasteiger partial charge in [0.25, 0.3) is 0 Å². The summed E-state index contributed by atoms with van der Waals surface area (Å²) in [5.74, 6) is 0. The number of hydrogen-bond donors (Lipinski definition) is 0. The molecule has 0 N–H and O–H groups in total. The molecule has 3 heterocycles. The fourth-order valence-corrected chi connectivity index (χ4v) is 11.3. The van der Waals surface area contributed by atoms with Crippen molar-refractivity contribution in [1.82, 2.24) is 0 Å². The predicted octanol–water partition coefficient (Wildman–Crippen LogP) is 15.6. The van der Waals surface area contributed by atoms with Crippen LogP contribution in [0.1, 0.15) is 0 Å². The number of thiophene rings is 3. The van der Waals surface area contributed by atoms with E-state index in [9.17, 15) is 0 Å². The zero-order chi connectivity index (χ0) is 34.2. The summed E-state index contributed by atoms with van der Waals surface area (Å²) in [6.45, 7) is 0. The standard InChI is InChI=1S/C48H29NS3/c1-5-19-43-36(12-1)38-16-8-17-41(48(38)52-43)49(33-25-22-30(23-26-33)35-15-9-21-46-47(35)39-14-3-6-20-44(39)51-46)34-11-7-10-31(28-34)32-24-27-45-40(29-32)37-13-2-4-18-42(37)50-45/h1-29H. The second kappa shape index (κ2) is 11.9. The highest BCUT2D eigenvalue weighted by Crippen LogP contribution is 2.47. The van der Waals surface area contributed by atoms with Gasteiger partial charge in [-0.05, 0) is 89.0 Å². The highest BCUT2D eigenvalue weighted by Gasteiger charge is 2.19. The molecule has 0 unspecified atom stereocenters. The minimum absolute atomic E-state index is 1.13. The van der Waals surface area contributed by atoms with Crippen molar-refractivity contribution in [1.29, 1.82) is 0 Å². The molecule has 8 aromatic carbocycles. The summed E-state index contributed by atoms with van der Waals surface area (Å²) >= 11 is 5.61. The van der Waals surface area contributed by atoms with Crippen LogP contribution in [0.15, 0.2) is 176 Å². The van der Waals surface area contributed by atoms with E-state index in [1.807, 2.05) is 34.0 Å². The Morgan fingerprint density at radius 1 is 0.327 bits per heavy atom. The molecular weight excluding hydrogens is 687 g/mol. The molecule has 0 saturated carbocycles. The fourth-order valence-electron chi connectivity index (χ4n) is 7.87. The Morgan fingerprint density at radius 3 is 1.73 bits per heavy atom. The van der Waals surface area contributed by atoms with E-state index in [0.29, 0.717) is 0 Å². The van der Waals surface area contributed by atoms with Crippen molar-refractivity contribution in [3.8, 4) is 22.3 Å². The van der Waals surface area contributed by atoms with Gasteiger partial charge in [0.15, 0.2) is 0 Å². The van der Waals surface area contributed by atoms with Crippen LogP contribution in [0.25, 0.3) is 82.8 Å². The Kier molecular flexibility index (Phi) is 6.84. The van der Waals surface area contributed by atoms with Gasteiger partial charge in [0.2, 0.25) is 0 Å². The lowest BCUT2D eigenvalue weighted by molar-refractivity contribution is 1.30. The van der Waals surface area contributed by atoms with Crippen molar-refractivity contribution in [3.05, 3.63) is 176 Å². The van der Waals surface area contributed by atoms with E-state index in [1.54, 1.807) is 0 Å². The van der Waals surface area contributed by atoms with E-state index in [4.69, 9.17) is 0 Å². The third kappa shape index (κ3) is 4.72. The number of hydrogen-bond acceptors (Lipinski definition) is 4. The van der Waals surface area contributed by atoms with E-state index >= 15 is 0 Å². The van der Waals surface area contributed by atoms with Crippen LogP contribution in [0.3, 0.4) is 0 Å².